The van der Waals surface area contributed by atoms with Crippen molar-refractivity contribution in [3.8, 4) is 18.1 Å². The number of terminal acetylenes is 1. The molecule has 0 aliphatic heterocycles. The molecule has 0 saturated carbocycles. The number of methoxy groups -OCH3 is 1. The number of nitrogens with zero attached hydrogens (tertiary/aromatic N) is 2. The van der Waals surface area contributed by atoms with Gasteiger partial charge in [-0.15, -0.1) is 6.42 Å². The molecule has 0 saturated heterocycles. The molecular weight excluding hydrogens is 298 g/mol. The number of rotatable bonds is 3. The number of ether oxygens (including phenoxy) is 1. The van der Waals surface area contributed by atoms with Crippen LogP contribution in [0, 0.1) is 12.3 Å². The lowest BCUT2D eigenvalue weighted by Gasteiger charge is -2.11. The third kappa shape index (κ3) is 2.54. The molecule has 0 aliphatic carbocycles. The average molecular weight is 310 g/mol. The number of hydrogen-bond donors (Lipinski definition) is 1. The summed E-state index contributed by atoms with van der Waals surface area (Å²) >= 11 is 6.29. The summed E-state index contributed by atoms with van der Waals surface area (Å²) in [5, 5.41) is 4.57. The lowest BCUT2D eigenvalue weighted by molar-refractivity contribution is 0.415. The largest absolute Gasteiger partial charge is 0.497 e. The number of hydrogen-bond acceptors (Lipinski definition) is 4. The molecule has 22 heavy (non-hydrogen) atoms. The van der Waals surface area contributed by atoms with Crippen LogP contribution in [0.1, 0.15) is 5.56 Å². The SMILES string of the molecule is C#Cc1cccc(Nc2ncnc3cc(OC)ccc23)c1Cl. The Kier molecular flexibility index (Phi) is 3.82. The van der Waals surface area contributed by atoms with Crippen LogP contribution >= 0.6 is 11.6 Å². The smallest absolute Gasteiger partial charge is 0.141 e. The number of halogens is 1. The van der Waals surface area contributed by atoms with Crippen molar-refractivity contribution in [3.05, 3.63) is 53.3 Å². The van der Waals surface area contributed by atoms with Crippen molar-refractivity contribution in [1.29, 1.82) is 0 Å². The predicted molar refractivity (Wildman–Crippen MR) is 88.8 cm³/mol. The maximum absolute atomic E-state index is 6.29. The summed E-state index contributed by atoms with van der Waals surface area (Å²) in [4.78, 5) is 8.53. The molecule has 2 aromatic carbocycles. The lowest BCUT2D eigenvalue weighted by atomic mass is 10.2. The Labute approximate surface area is 133 Å². The first-order valence-corrected chi connectivity index (χ1v) is 6.91. The molecule has 5 heteroatoms. The van der Waals surface area contributed by atoms with Crippen LogP contribution in [0.2, 0.25) is 5.02 Å². The summed E-state index contributed by atoms with van der Waals surface area (Å²) < 4.78 is 5.21. The Morgan fingerprint density at radius 2 is 2.09 bits per heavy atom. The van der Waals surface area contributed by atoms with Gasteiger partial charge in [0.15, 0.2) is 0 Å². The molecular formula is C17H12ClN3O. The molecule has 0 fully saturated rings. The number of benzene rings is 2. The van der Waals surface area contributed by atoms with Crippen molar-refractivity contribution in [3.63, 3.8) is 0 Å². The Bertz CT molecular complexity index is 887. The molecule has 108 valence electrons. The molecule has 0 spiro atoms. The van der Waals surface area contributed by atoms with Crippen molar-refractivity contribution in [2.75, 3.05) is 12.4 Å². The fraction of sp³-hybridized carbons (Fsp3) is 0.0588. The quantitative estimate of drug-likeness (QED) is 0.742. The fourth-order valence-electron chi connectivity index (χ4n) is 2.13. The zero-order chi connectivity index (χ0) is 15.5. The van der Waals surface area contributed by atoms with E-state index in [-0.39, 0.29) is 0 Å². The first-order chi connectivity index (χ1) is 10.7. The molecule has 0 unspecified atom stereocenters. The van der Waals surface area contributed by atoms with Gasteiger partial charge >= 0.3 is 0 Å². The van der Waals surface area contributed by atoms with Crippen LogP contribution in [0.5, 0.6) is 5.75 Å². The van der Waals surface area contributed by atoms with Gasteiger partial charge in [-0.1, -0.05) is 23.6 Å². The monoisotopic (exact) mass is 309 g/mol. The Morgan fingerprint density at radius 1 is 1.23 bits per heavy atom. The van der Waals surface area contributed by atoms with E-state index in [4.69, 9.17) is 22.8 Å². The molecule has 1 N–H and O–H groups in total. The third-order valence-corrected chi connectivity index (χ3v) is 3.66. The highest BCUT2D eigenvalue weighted by molar-refractivity contribution is 6.34. The minimum absolute atomic E-state index is 0.491. The minimum Gasteiger partial charge on any atom is -0.497 e. The molecule has 1 aromatic heterocycles. The first kappa shape index (κ1) is 14.2. The predicted octanol–water partition coefficient (Wildman–Crippen LogP) is 4.02. The number of fused-ring (bicyclic) bond motifs is 1. The van der Waals surface area contributed by atoms with Crippen LogP contribution in [-0.2, 0) is 0 Å². The normalized spacial score (nSPS) is 10.2. The summed E-state index contributed by atoms with van der Waals surface area (Å²) in [5.41, 5.74) is 2.11. The maximum Gasteiger partial charge on any atom is 0.141 e. The summed E-state index contributed by atoms with van der Waals surface area (Å²) in [6.07, 6.45) is 6.92. The average Bonchev–Trinajstić information content (AvgIpc) is 2.56. The summed E-state index contributed by atoms with van der Waals surface area (Å²) in [6.45, 7) is 0. The number of aromatic nitrogens is 2. The second kappa shape index (κ2) is 5.92. The number of anilines is 2. The Morgan fingerprint density at radius 3 is 2.86 bits per heavy atom. The van der Waals surface area contributed by atoms with Crippen LogP contribution < -0.4 is 10.1 Å². The second-order valence-corrected chi connectivity index (χ2v) is 4.92. The maximum atomic E-state index is 6.29. The van der Waals surface area contributed by atoms with Crippen LogP contribution in [-0.4, -0.2) is 17.1 Å². The number of nitrogens with one attached hydrogen (secondary N) is 1. The second-order valence-electron chi connectivity index (χ2n) is 4.54. The van der Waals surface area contributed by atoms with E-state index in [0.29, 0.717) is 22.1 Å². The fourth-order valence-corrected chi connectivity index (χ4v) is 2.36. The van der Waals surface area contributed by atoms with Crippen molar-refractivity contribution < 1.29 is 4.74 Å². The third-order valence-electron chi connectivity index (χ3n) is 3.25. The van der Waals surface area contributed by atoms with Crippen molar-refractivity contribution in [2.24, 2.45) is 0 Å². The van der Waals surface area contributed by atoms with Gasteiger partial charge in [-0.05, 0) is 24.3 Å². The van der Waals surface area contributed by atoms with Gasteiger partial charge in [0.05, 0.1) is 23.3 Å². The molecule has 0 radical (unpaired) electrons. The summed E-state index contributed by atoms with van der Waals surface area (Å²) in [7, 11) is 1.62. The lowest BCUT2D eigenvalue weighted by Crippen LogP contribution is -1.97. The van der Waals surface area contributed by atoms with Gasteiger partial charge in [0, 0.05) is 17.0 Å². The van der Waals surface area contributed by atoms with Gasteiger partial charge in [-0.3, -0.25) is 0 Å². The van der Waals surface area contributed by atoms with E-state index in [0.717, 1.165) is 16.7 Å². The molecule has 1 heterocycles. The summed E-state index contributed by atoms with van der Waals surface area (Å²) in [5.74, 6) is 3.95. The Balaban J connectivity index is 2.07. The standard InChI is InChI=1S/C17H12ClN3O/c1-3-11-5-4-6-14(16(11)18)21-17-13-8-7-12(22-2)9-15(13)19-10-20-17/h1,4-10H,2H3,(H,19,20,21). The van der Waals surface area contributed by atoms with Crippen LogP contribution in [0.15, 0.2) is 42.7 Å². The molecule has 0 amide bonds. The highest BCUT2D eigenvalue weighted by Gasteiger charge is 2.09. The molecule has 0 aliphatic rings. The Hall–Kier alpha value is -2.77. The van der Waals surface area contributed by atoms with Crippen molar-refractivity contribution in [1.82, 2.24) is 9.97 Å². The molecule has 3 rings (SSSR count). The zero-order valence-electron chi connectivity index (χ0n) is 11.8. The van der Waals surface area contributed by atoms with Crippen molar-refractivity contribution in [2.45, 2.75) is 0 Å². The van der Waals surface area contributed by atoms with E-state index in [1.807, 2.05) is 30.3 Å². The minimum atomic E-state index is 0.491. The zero-order valence-corrected chi connectivity index (χ0v) is 12.6. The van der Waals surface area contributed by atoms with Gasteiger partial charge in [0.25, 0.3) is 0 Å². The highest BCUT2D eigenvalue weighted by atomic mass is 35.5. The van der Waals surface area contributed by atoms with Gasteiger partial charge < -0.3 is 10.1 Å². The highest BCUT2D eigenvalue weighted by Crippen LogP contribution is 2.31. The molecule has 0 atom stereocenters. The van der Waals surface area contributed by atoms with E-state index < -0.39 is 0 Å². The van der Waals surface area contributed by atoms with Gasteiger partial charge in [0.1, 0.15) is 17.9 Å². The van der Waals surface area contributed by atoms with E-state index in [2.05, 4.69) is 21.2 Å². The summed E-state index contributed by atoms with van der Waals surface area (Å²) in [6, 6.07) is 11.1. The van der Waals surface area contributed by atoms with Crippen LogP contribution in [0.25, 0.3) is 10.9 Å². The van der Waals surface area contributed by atoms with Gasteiger partial charge in [-0.2, -0.15) is 0 Å². The van der Waals surface area contributed by atoms with Crippen LogP contribution in [0.3, 0.4) is 0 Å². The van der Waals surface area contributed by atoms with Gasteiger partial charge in [0.2, 0.25) is 0 Å². The molecule has 0 bridgehead atoms. The van der Waals surface area contributed by atoms with E-state index in [9.17, 15) is 0 Å². The van der Waals surface area contributed by atoms with E-state index in [1.165, 1.54) is 6.33 Å². The van der Waals surface area contributed by atoms with Gasteiger partial charge in [-0.25, -0.2) is 9.97 Å². The topological polar surface area (TPSA) is 47.0 Å². The van der Waals surface area contributed by atoms with E-state index in [1.54, 1.807) is 13.2 Å². The molecule has 4 nitrogen and oxygen atoms in total. The molecule has 3 aromatic rings. The first-order valence-electron chi connectivity index (χ1n) is 6.54. The van der Waals surface area contributed by atoms with Crippen molar-refractivity contribution >= 4 is 34.0 Å². The van der Waals surface area contributed by atoms with Crippen LogP contribution in [0.4, 0.5) is 11.5 Å². The van der Waals surface area contributed by atoms with E-state index >= 15 is 0 Å².